The fourth-order valence-corrected chi connectivity index (χ4v) is 1.96. The van der Waals surface area contributed by atoms with E-state index in [1.54, 1.807) is 6.20 Å². The molecule has 0 fully saturated rings. The average molecular weight is 242 g/mol. The first-order valence-electron chi connectivity index (χ1n) is 4.98. The Hall–Kier alpha value is -1.30. The van der Waals surface area contributed by atoms with Crippen LogP contribution in [0.3, 0.4) is 0 Å². The fourth-order valence-electron chi connectivity index (χ4n) is 1.16. The van der Waals surface area contributed by atoms with Gasteiger partial charge in [-0.25, -0.2) is 0 Å². The maximum atomic E-state index is 11.1. The zero-order valence-corrected chi connectivity index (χ0v) is 10.0. The van der Waals surface area contributed by atoms with Crippen LogP contribution in [0.25, 0.3) is 0 Å². The molecule has 0 radical (unpaired) electrons. The maximum Gasteiger partial charge on any atom is 0.313 e. The molecular weight excluding hydrogens is 228 g/mol. The second-order valence-corrected chi connectivity index (χ2v) is 4.34. The van der Waals surface area contributed by atoms with Crippen molar-refractivity contribution in [1.29, 1.82) is 0 Å². The Morgan fingerprint density at radius 3 is 2.94 bits per heavy atom. The van der Waals surface area contributed by atoms with Gasteiger partial charge < -0.3 is 9.67 Å². The van der Waals surface area contributed by atoms with Crippen molar-refractivity contribution in [3.8, 4) is 0 Å². The van der Waals surface area contributed by atoms with Gasteiger partial charge in [0, 0.05) is 18.3 Å². The van der Waals surface area contributed by atoms with Gasteiger partial charge in [0.1, 0.15) is 0 Å². The largest absolute Gasteiger partial charge is 0.481 e. The summed E-state index contributed by atoms with van der Waals surface area (Å²) in [4.78, 5) is 25.4. The van der Waals surface area contributed by atoms with E-state index < -0.39 is 5.97 Å². The monoisotopic (exact) mass is 242 g/mol. The summed E-state index contributed by atoms with van der Waals surface area (Å²) in [6.45, 7) is 4.02. The maximum absolute atomic E-state index is 11.1. The minimum absolute atomic E-state index is 0.0904. The zero-order chi connectivity index (χ0) is 12.1. The molecule has 1 rings (SSSR count). The number of nitrogens with zero attached hydrogens (tertiary/aromatic N) is 2. The summed E-state index contributed by atoms with van der Waals surface area (Å²) in [7, 11) is 0. The van der Waals surface area contributed by atoms with E-state index in [0.717, 1.165) is 18.2 Å². The van der Waals surface area contributed by atoms with E-state index in [2.05, 4.69) is 4.98 Å². The van der Waals surface area contributed by atoms with Gasteiger partial charge in [-0.15, -0.1) is 0 Å². The van der Waals surface area contributed by atoms with E-state index >= 15 is 0 Å². The predicted molar refractivity (Wildman–Crippen MR) is 61.9 cm³/mol. The number of hydrogen-bond donors (Lipinski definition) is 1. The van der Waals surface area contributed by atoms with Gasteiger partial charge >= 0.3 is 5.97 Å². The van der Waals surface area contributed by atoms with Crippen LogP contribution in [0.5, 0.6) is 0 Å². The second kappa shape index (κ2) is 5.69. The molecule has 1 heterocycles. The van der Waals surface area contributed by atoms with Gasteiger partial charge in [0.05, 0.1) is 5.75 Å². The van der Waals surface area contributed by atoms with Crippen LogP contribution in [0, 0.1) is 0 Å². The molecule has 88 valence electrons. The molecule has 5 nitrogen and oxygen atoms in total. The van der Waals surface area contributed by atoms with Crippen molar-refractivity contribution < 1.29 is 9.90 Å². The van der Waals surface area contributed by atoms with E-state index in [1.807, 2.05) is 18.4 Å². The molecule has 0 saturated carbocycles. The summed E-state index contributed by atoms with van der Waals surface area (Å²) in [5, 5.41) is 9.06. The third-order valence-electron chi connectivity index (χ3n) is 2.19. The number of thioether (sulfide) groups is 1. The molecule has 0 aliphatic carbocycles. The highest BCUT2D eigenvalue weighted by Crippen LogP contribution is 2.19. The van der Waals surface area contributed by atoms with Gasteiger partial charge in [-0.1, -0.05) is 18.7 Å². The lowest BCUT2D eigenvalue weighted by molar-refractivity contribution is -0.133. The molecule has 1 aromatic rings. The fraction of sp³-hybridized carbons (Fsp3) is 0.500. The molecule has 0 aliphatic heterocycles. The molecule has 0 bridgehead atoms. The van der Waals surface area contributed by atoms with Crippen LogP contribution in [0.2, 0.25) is 0 Å². The Balaban J connectivity index is 2.98. The highest BCUT2D eigenvalue weighted by atomic mass is 32.2. The normalized spacial score (nSPS) is 12.4. The summed E-state index contributed by atoms with van der Waals surface area (Å²) in [6.07, 6.45) is 2.55. The minimum Gasteiger partial charge on any atom is -0.481 e. The number of carboxylic acid groups (broad SMARTS) is 1. The molecule has 6 heteroatoms. The summed E-state index contributed by atoms with van der Waals surface area (Å²) in [6, 6.07) is 1.58. The first-order chi connectivity index (χ1) is 7.54. The highest BCUT2D eigenvalue weighted by Gasteiger charge is 2.10. The lowest BCUT2D eigenvalue weighted by Gasteiger charge is -2.16. The molecule has 1 atom stereocenters. The quantitative estimate of drug-likeness (QED) is 0.624. The van der Waals surface area contributed by atoms with E-state index in [0.29, 0.717) is 5.16 Å². The Bertz CT molecular complexity index is 430. The van der Waals surface area contributed by atoms with Crippen LogP contribution >= 0.6 is 11.8 Å². The van der Waals surface area contributed by atoms with Gasteiger partial charge in [-0.3, -0.25) is 9.59 Å². The Morgan fingerprint density at radius 1 is 1.69 bits per heavy atom. The van der Waals surface area contributed by atoms with E-state index in [4.69, 9.17) is 5.11 Å². The van der Waals surface area contributed by atoms with Crippen molar-refractivity contribution in [3.05, 3.63) is 22.6 Å². The van der Waals surface area contributed by atoms with Crippen molar-refractivity contribution in [1.82, 2.24) is 9.55 Å². The second-order valence-electron chi connectivity index (χ2n) is 3.40. The molecule has 16 heavy (non-hydrogen) atoms. The molecular formula is C10H14N2O3S. The number of hydrogen-bond acceptors (Lipinski definition) is 4. The van der Waals surface area contributed by atoms with E-state index in [1.165, 1.54) is 6.07 Å². The van der Waals surface area contributed by atoms with Gasteiger partial charge in [0.15, 0.2) is 5.16 Å². The lowest BCUT2D eigenvalue weighted by Crippen LogP contribution is -2.16. The SMILES string of the molecule is CCC(C)n1ccc(=O)nc1SCC(=O)O. The van der Waals surface area contributed by atoms with Gasteiger partial charge in [0.25, 0.3) is 5.56 Å². The Labute approximate surface area is 97.5 Å². The number of carbonyl (C=O) groups is 1. The molecule has 0 saturated heterocycles. The smallest absolute Gasteiger partial charge is 0.313 e. The summed E-state index contributed by atoms with van der Waals surface area (Å²) >= 11 is 1.07. The van der Waals surface area contributed by atoms with Gasteiger partial charge in [0.2, 0.25) is 0 Å². The number of aliphatic carboxylic acids is 1. The van der Waals surface area contributed by atoms with E-state index in [-0.39, 0.29) is 17.4 Å². The van der Waals surface area contributed by atoms with Crippen molar-refractivity contribution in [2.45, 2.75) is 31.5 Å². The number of aromatic nitrogens is 2. The average Bonchev–Trinajstić information content (AvgIpc) is 2.25. The third kappa shape index (κ3) is 3.37. The van der Waals surface area contributed by atoms with Crippen molar-refractivity contribution in [2.24, 2.45) is 0 Å². The van der Waals surface area contributed by atoms with Crippen LogP contribution in [0.1, 0.15) is 26.3 Å². The molecule has 1 N–H and O–H groups in total. The Morgan fingerprint density at radius 2 is 2.38 bits per heavy atom. The summed E-state index contributed by atoms with van der Waals surface area (Å²) in [5.41, 5.74) is -0.340. The Kier molecular flexibility index (Phi) is 4.54. The topological polar surface area (TPSA) is 72.2 Å². The van der Waals surface area contributed by atoms with Crippen LogP contribution in [-0.2, 0) is 4.79 Å². The molecule has 1 unspecified atom stereocenters. The molecule has 1 aromatic heterocycles. The lowest BCUT2D eigenvalue weighted by atomic mass is 10.2. The van der Waals surface area contributed by atoms with Crippen molar-refractivity contribution in [2.75, 3.05) is 5.75 Å². The first kappa shape index (κ1) is 12.8. The number of carboxylic acids is 1. The van der Waals surface area contributed by atoms with E-state index in [9.17, 15) is 9.59 Å². The standard InChI is InChI=1S/C10H14N2O3S/c1-3-7(2)12-5-4-8(13)11-10(12)16-6-9(14)15/h4-5,7H,3,6H2,1-2H3,(H,14,15). The molecule has 0 spiro atoms. The zero-order valence-electron chi connectivity index (χ0n) is 9.21. The highest BCUT2D eigenvalue weighted by molar-refractivity contribution is 7.99. The number of rotatable bonds is 5. The molecule has 0 amide bonds. The van der Waals surface area contributed by atoms with Gasteiger partial charge in [-0.05, 0) is 13.3 Å². The molecule has 0 aromatic carbocycles. The van der Waals surface area contributed by atoms with Crippen molar-refractivity contribution in [3.63, 3.8) is 0 Å². The minimum atomic E-state index is -0.918. The summed E-state index contributed by atoms with van der Waals surface area (Å²) < 4.78 is 1.83. The van der Waals surface area contributed by atoms with Crippen LogP contribution in [0.15, 0.2) is 22.2 Å². The summed E-state index contributed by atoms with van der Waals surface area (Å²) in [5.74, 6) is -1.01. The van der Waals surface area contributed by atoms with Crippen LogP contribution in [0.4, 0.5) is 0 Å². The van der Waals surface area contributed by atoms with Crippen LogP contribution in [-0.4, -0.2) is 26.4 Å². The van der Waals surface area contributed by atoms with Crippen LogP contribution < -0.4 is 5.56 Å². The third-order valence-corrected chi connectivity index (χ3v) is 3.15. The molecule has 0 aliphatic rings. The van der Waals surface area contributed by atoms with Gasteiger partial charge in [-0.2, -0.15) is 4.98 Å². The first-order valence-corrected chi connectivity index (χ1v) is 5.97. The van der Waals surface area contributed by atoms with Crippen molar-refractivity contribution >= 4 is 17.7 Å². The predicted octanol–water partition coefficient (Wildman–Crippen LogP) is 1.39.